The first-order chi connectivity index (χ1) is 12.5. The molecule has 0 atom stereocenters. The molecule has 0 spiro atoms. The van der Waals surface area contributed by atoms with Gasteiger partial charge in [0.25, 0.3) is 0 Å². The standard InChI is InChI=1S/2C12H28N.S/c2*1-5-9-13(10-6-2,11-7-3)12-8-4;/h2*5-12H2,1-4H3;/q2*+1;-2. The highest BCUT2D eigenvalue weighted by atomic mass is 32.1. The second kappa shape index (κ2) is 21.0. The Labute approximate surface area is 181 Å². The van der Waals surface area contributed by atoms with E-state index in [9.17, 15) is 0 Å². The van der Waals surface area contributed by atoms with E-state index in [2.05, 4.69) is 55.4 Å². The van der Waals surface area contributed by atoms with E-state index in [0.29, 0.717) is 0 Å². The molecule has 27 heavy (non-hydrogen) atoms. The number of hydrogen-bond donors (Lipinski definition) is 0. The average Bonchev–Trinajstić information content (AvgIpc) is 2.57. The first-order valence-corrected chi connectivity index (χ1v) is 12.2. The van der Waals surface area contributed by atoms with Crippen molar-refractivity contribution in [2.45, 2.75) is 107 Å². The van der Waals surface area contributed by atoms with E-state index in [4.69, 9.17) is 0 Å². The normalized spacial score (nSPS) is 11.6. The van der Waals surface area contributed by atoms with Crippen LogP contribution in [0.2, 0.25) is 0 Å². The minimum Gasteiger partial charge on any atom is -2.00 e. The van der Waals surface area contributed by atoms with Crippen molar-refractivity contribution >= 4 is 13.5 Å². The van der Waals surface area contributed by atoms with Crippen LogP contribution in [0.25, 0.3) is 0 Å². The number of quaternary nitrogens is 2. The van der Waals surface area contributed by atoms with Gasteiger partial charge in [0.05, 0.1) is 52.4 Å². The molecule has 0 fully saturated rings. The van der Waals surface area contributed by atoms with Crippen molar-refractivity contribution in [3.05, 3.63) is 0 Å². The van der Waals surface area contributed by atoms with Gasteiger partial charge in [-0.3, -0.25) is 0 Å². The molecule has 0 aromatic carbocycles. The van der Waals surface area contributed by atoms with Crippen molar-refractivity contribution in [1.29, 1.82) is 0 Å². The van der Waals surface area contributed by atoms with Gasteiger partial charge in [0.2, 0.25) is 0 Å². The third kappa shape index (κ3) is 14.9. The Kier molecular flexibility index (Phi) is 24.8. The summed E-state index contributed by atoms with van der Waals surface area (Å²) in [5.74, 6) is 0. The molecular formula is C24H56N2S. The first-order valence-electron chi connectivity index (χ1n) is 12.2. The summed E-state index contributed by atoms with van der Waals surface area (Å²) >= 11 is 0. The van der Waals surface area contributed by atoms with Crippen molar-refractivity contribution in [3.8, 4) is 0 Å². The van der Waals surface area contributed by atoms with E-state index in [1.807, 2.05) is 0 Å². The molecule has 0 aliphatic carbocycles. The quantitative estimate of drug-likeness (QED) is 0.246. The largest absolute Gasteiger partial charge is 2.00 e. The van der Waals surface area contributed by atoms with Crippen LogP contribution in [0.5, 0.6) is 0 Å². The summed E-state index contributed by atoms with van der Waals surface area (Å²) in [4.78, 5) is 0. The Morgan fingerprint density at radius 2 is 0.407 bits per heavy atom. The van der Waals surface area contributed by atoms with Crippen molar-refractivity contribution in [1.82, 2.24) is 0 Å². The van der Waals surface area contributed by atoms with Crippen LogP contribution in [0.15, 0.2) is 0 Å². The third-order valence-corrected chi connectivity index (χ3v) is 5.58. The molecule has 0 saturated carbocycles. The van der Waals surface area contributed by atoms with E-state index >= 15 is 0 Å². The lowest BCUT2D eigenvalue weighted by molar-refractivity contribution is -0.928. The van der Waals surface area contributed by atoms with Gasteiger partial charge in [-0.1, -0.05) is 55.4 Å². The molecule has 0 unspecified atom stereocenters. The SMILES string of the molecule is CCC[N+](CCC)(CCC)CCC.CCC[N+](CCC)(CCC)CCC.[S-2]. The van der Waals surface area contributed by atoms with Crippen LogP contribution >= 0.6 is 0 Å². The molecule has 0 N–H and O–H groups in total. The van der Waals surface area contributed by atoms with E-state index in [-0.39, 0.29) is 13.5 Å². The molecule has 0 aliphatic heterocycles. The van der Waals surface area contributed by atoms with Crippen molar-refractivity contribution in [3.63, 3.8) is 0 Å². The first kappa shape index (κ1) is 31.9. The number of rotatable bonds is 16. The third-order valence-electron chi connectivity index (χ3n) is 5.58. The second-order valence-corrected chi connectivity index (χ2v) is 8.47. The van der Waals surface area contributed by atoms with Crippen LogP contribution < -0.4 is 0 Å². The molecule has 0 rings (SSSR count). The van der Waals surface area contributed by atoms with Gasteiger partial charge in [0.1, 0.15) is 0 Å². The van der Waals surface area contributed by atoms with Gasteiger partial charge in [0.15, 0.2) is 0 Å². The van der Waals surface area contributed by atoms with Crippen molar-refractivity contribution < 1.29 is 8.97 Å². The van der Waals surface area contributed by atoms with Gasteiger partial charge in [-0.05, 0) is 51.4 Å². The number of nitrogens with zero attached hydrogens (tertiary/aromatic N) is 2. The Hall–Kier alpha value is 0.270. The number of hydrogen-bond acceptors (Lipinski definition) is 0. The van der Waals surface area contributed by atoms with Crippen LogP contribution in [0.3, 0.4) is 0 Å². The van der Waals surface area contributed by atoms with Gasteiger partial charge >= 0.3 is 0 Å². The van der Waals surface area contributed by atoms with Gasteiger partial charge in [0, 0.05) is 0 Å². The van der Waals surface area contributed by atoms with E-state index in [1.54, 1.807) is 0 Å². The van der Waals surface area contributed by atoms with Crippen LogP contribution in [0.1, 0.15) is 107 Å². The van der Waals surface area contributed by atoms with Crippen LogP contribution in [0, 0.1) is 0 Å². The lowest BCUT2D eigenvalue weighted by Gasteiger charge is -2.38. The summed E-state index contributed by atoms with van der Waals surface area (Å²) in [5.41, 5.74) is 0. The zero-order valence-electron chi connectivity index (χ0n) is 20.6. The fourth-order valence-electron chi connectivity index (χ4n) is 5.14. The summed E-state index contributed by atoms with van der Waals surface area (Å²) in [7, 11) is 0. The topological polar surface area (TPSA) is 0 Å². The monoisotopic (exact) mass is 404 g/mol. The molecule has 0 amide bonds. The zero-order chi connectivity index (χ0) is 20.3. The molecule has 0 aliphatic rings. The molecule has 168 valence electrons. The zero-order valence-corrected chi connectivity index (χ0v) is 21.4. The highest BCUT2D eigenvalue weighted by molar-refractivity contribution is 7.37. The molecule has 0 saturated heterocycles. The fraction of sp³-hybridized carbons (Fsp3) is 1.00. The Morgan fingerprint density at radius 3 is 0.481 bits per heavy atom. The molecule has 3 heteroatoms. The minimum atomic E-state index is 0. The Bertz CT molecular complexity index is 195. The molecule has 0 aromatic rings. The molecule has 0 radical (unpaired) electrons. The lowest BCUT2D eigenvalue weighted by Crippen LogP contribution is -2.50. The Balaban J connectivity index is -0.000000411. The maximum atomic E-state index is 2.31. The van der Waals surface area contributed by atoms with E-state index in [1.165, 1.54) is 113 Å². The average molecular weight is 405 g/mol. The van der Waals surface area contributed by atoms with Crippen LogP contribution in [0.4, 0.5) is 0 Å². The minimum absolute atomic E-state index is 0. The van der Waals surface area contributed by atoms with E-state index < -0.39 is 0 Å². The van der Waals surface area contributed by atoms with Crippen LogP contribution in [-0.2, 0) is 13.5 Å². The maximum absolute atomic E-state index is 2.31. The maximum Gasteiger partial charge on any atom is 0.0783 e. The van der Waals surface area contributed by atoms with Crippen molar-refractivity contribution in [2.24, 2.45) is 0 Å². The smallest absolute Gasteiger partial charge is 0.0783 e. The molecule has 0 bridgehead atoms. The van der Waals surface area contributed by atoms with Crippen LogP contribution in [-0.4, -0.2) is 61.3 Å². The predicted octanol–water partition coefficient (Wildman–Crippen LogP) is 6.88. The van der Waals surface area contributed by atoms with Gasteiger partial charge in [-0.2, -0.15) is 0 Å². The molecular weight excluding hydrogens is 348 g/mol. The highest BCUT2D eigenvalue weighted by Crippen LogP contribution is 2.13. The van der Waals surface area contributed by atoms with Crippen molar-refractivity contribution in [2.75, 3.05) is 52.4 Å². The van der Waals surface area contributed by atoms with Gasteiger partial charge in [-0.15, -0.1) is 0 Å². The second-order valence-electron chi connectivity index (χ2n) is 8.47. The predicted molar refractivity (Wildman–Crippen MR) is 129 cm³/mol. The molecule has 2 nitrogen and oxygen atoms in total. The Morgan fingerprint density at radius 1 is 0.296 bits per heavy atom. The van der Waals surface area contributed by atoms with Gasteiger partial charge in [-0.25, -0.2) is 0 Å². The lowest BCUT2D eigenvalue weighted by atomic mass is 10.2. The fourth-order valence-corrected chi connectivity index (χ4v) is 5.14. The molecule has 0 aromatic heterocycles. The molecule has 0 heterocycles. The highest BCUT2D eigenvalue weighted by Gasteiger charge is 2.23. The van der Waals surface area contributed by atoms with E-state index in [0.717, 1.165) is 0 Å². The summed E-state index contributed by atoms with van der Waals surface area (Å²) < 4.78 is 2.75. The summed E-state index contributed by atoms with van der Waals surface area (Å²) in [6.45, 7) is 29.6. The summed E-state index contributed by atoms with van der Waals surface area (Å²) in [6.07, 6.45) is 10.7. The summed E-state index contributed by atoms with van der Waals surface area (Å²) in [5, 5.41) is 0. The summed E-state index contributed by atoms with van der Waals surface area (Å²) in [6, 6.07) is 0. The van der Waals surface area contributed by atoms with Gasteiger partial charge < -0.3 is 22.5 Å².